The van der Waals surface area contributed by atoms with Crippen molar-refractivity contribution in [1.29, 1.82) is 0 Å². The monoisotopic (exact) mass is 187 g/mol. The van der Waals surface area contributed by atoms with E-state index in [0.29, 0.717) is 0 Å². The van der Waals surface area contributed by atoms with Crippen molar-refractivity contribution in [2.24, 2.45) is 0 Å². The van der Waals surface area contributed by atoms with Crippen molar-refractivity contribution in [2.45, 2.75) is 5.41 Å². The minimum absolute atomic E-state index is 0.0921. The minimum atomic E-state index is 0.0921. The van der Waals surface area contributed by atoms with Gasteiger partial charge in [0.15, 0.2) is 0 Å². The lowest BCUT2D eigenvalue weighted by Gasteiger charge is -2.27. The normalized spacial score (nSPS) is 28.9. The third kappa shape index (κ3) is 1.01. The molecular weight excluding hydrogens is 174 g/mol. The molecule has 0 aliphatic carbocycles. The zero-order chi connectivity index (χ0) is 9.43. The molecule has 0 radical (unpaired) electrons. The van der Waals surface area contributed by atoms with Crippen LogP contribution in [-0.2, 0) is 5.41 Å². The molecule has 2 nitrogen and oxygen atoms in total. The molecule has 1 aromatic carbocycles. The van der Waals surface area contributed by atoms with Gasteiger partial charge in [-0.1, -0.05) is 30.4 Å². The molecule has 1 spiro atoms. The highest BCUT2D eigenvalue weighted by atomic mass is 16.5. The Morgan fingerprint density at radius 2 is 2.21 bits per heavy atom. The first-order valence-corrected chi connectivity index (χ1v) is 5.01. The summed E-state index contributed by atoms with van der Waals surface area (Å²) in [6, 6.07) is 8.32. The number of hydrogen-bond acceptors (Lipinski definition) is 2. The topological polar surface area (TPSA) is 21.3 Å². The van der Waals surface area contributed by atoms with Gasteiger partial charge in [0.25, 0.3) is 0 Å². The number of benzene rings is 1. The third-order valence-corrected chi connectivity index (χ3v) is 3.05. The Labute approximate surface area is 83.6 Å². The molecule has 2 heteroatoms. The van der Waals surface area contributed by atoms with Crippen LogP contribution in [0.3, 0.4) is 0 Å². The van der Waals surface area contributed by atoms with Gasteiger partial charge in [0, 0.05) is 18.7 Å². The molecule has 72 valence electrons. The highest BCUT2D eigenvalue weighted by molar-refractivity contribution is 5.47. The lowest BCUT2D eigenvalue weighted by Crippen LogP contribution is -2.41. The molecule has 1 aromatic rings. The SMILES string of the molecule is C1=CC2(CNC1)COc1ccccc12. The second-order valence-electron chi connectivity index (χ2n) is 3.97. The largest absolute Gasteiger partial charge is 0.492 e. The fourth-order valence-corrected chi connectivity index (χ4v) is 2.29. The molecule has 1 atom stereocenters. The first-order valence-electron chi connectivity index (χ1n) is 5.01. The third-order valence-electron chi connectivity index (χ3n) is 3.05. The number of hydrogen-bond donors (Lipinski definition) is 1. The van der Waals surface area contributed by atoms with Crippen molar-refractivity contribution in [1.82, 2.24) is 5.32 Å². The summed E-state index contributed by atoms with van der Waals surface area (Å²) in [6.45, 7) is 2.74. The predicted molar refractivity (Wildman–Crippen MR) is 55.6 cm³/mol. The number of para-hydroxylation sites is 1. The van der Waals surface area contributed by atoms with E-state index >= 15 is 0 Å². The van der Waals surface area contributed by atoms with E-state index < -0.39 is 0 Å². The van der Waals surface area contributed by atoms with Crippen molar-refractivity contribution in [3.05, 3.63) is 42.0 Å². The summed E-state index contributed by atoms with van der Waals surface area (Å²) >= 11 is 0. The average molecular weight is 187 g/mol. The molecule has 2 aliphatic heterocycles. The van der Waals surface area contributed by atoms with Crippen LogP contribution in [-0.4, -0.2) is 19.7 Å². The van der Waals surface area contributed by atoms with E-state index in [1.54, 1.807) is 0 Å². The summed E-state index contributed by atoms with van der Waals surface area (Å²) in [5.41, 5.74) is 1.41. The van der Waals surface area contributed by atoms with Crippen molar-refractivity contribution >= 4 is 0 Å². The zero-order valence-electron chi connectivity index (χ0n) is 7.99. The fraction of sp³-hybridized carbons (Fsp3) is 0.333. The van der Waals surface area contributed by atoms with Crippen molar-refractivity contribution in [3.63, 3.8) is 0 Å². The van der Waals surface area contributed by atoms with Crippen molar-refractivity contribution in [3.8, 4) is 5.75 Å². The Hall–Kier alpha value is -1.28. The highest BCUT2D eigenvalue weighted by Crippen LogP contribution is 2.39. The number of ether oxygens (including phenoxy) is 1. The quantitative estimate of drug-likeness (QED) is 0.621. The molecule has 2 aliphatic rings. The van der Waals surface area contributed by atoms with Crippen LogP contribution in [0.4, 0.5) is 0 Å². The van der Waals surface area contributed by atoms with Gasteiger partial charge in [-0.3, -0.25) is 0 Å². The molecule has 1 unspecified atom stereocenters. The van der Waals surface area contributed by atoms with Crippen LogP contribution in [0.15, 0.2) is 36.4 Å². The summed E-state index contributed by atoms with van der Waals surface area (Å²) in [4.78, 5) is 0. The Balaban J connectivity index is 2.12. The smallest absolute Gasteiger partial charge is 0.123 e. The fourth-order valence-electron chi connectivity index (χ4n) is 2.29. The van der Waals surface area contributed by atoms with Crippen LogP contribution in [0.5, 0.6) is 5.75 Å². The maximum Gasteiger partial charge on any atom is 0.123 e. The summed E-state index contributed by atoms with van der Waals surface area (Å²) in [5.74, 6) is 1.04. The summed E-state index contributed by atoms with van der Waals surface area (Å²) in [6.07, 6.45) is 4.48. The molecule has 3 rings (SSSR count). The molecule has 0 fully saturated rings. The zero-order valence-corrected chi connectivity index (χ0v) is 7.99. The average Bonchev–Trinajstić information content (AvgIpc) is 2.60. The van der Waals surface area contributed by atoms with Crippen LogP contribution in [0.2, 0.25) is 0 Å². The first kappa shape index (κ1) is 8.06. The molecular formula is C12H13NO. The number of nitrogens with one attached hydrogen (secondary N) is 1. The van der Waals surface area contributed by atoms with Crippen molar-refractivity contribution in [2.75, 3.05) is 19.7 Å². The molecule has 14 heavy (non-hydrogen) atoms. The Bertz CT molecular complexity index is 386. The van der Waals surface area contributed by atoms with Gasteiger partial charge < -0.3 is 10.1 Å². The van der Waals surface area contributed by atoms with Gasteiger partial charge in [-0.2, -0.15) is 0 Å². The van der Waals surface area contributed by atoms with Crippen LogP contribution in [0, 0.1) is 0 Å². The second kappa shape index (κ2) is 2.85. The summed E-state index contributed by atoms with van der Waals surface area (Å²) in [7, 11) is 0. The summed E-state index contributed by atoms with van der Waals surface area (Å²) in [5, 5.41) is 3.39. The van der Waals surface area contributed by atoms with Crippen LogP contribution >= 0.6 is 0 Å². The van der Waals surface area contributed by atoms with E-state index in [1.165, 1.54) is 5.56 Å². The Morgan fingerprint density at radius 3 is 3.07 bits per heavy atom. The maximum absolute atomic E-state index is 5.70. The molecule has 0 bridgehead atoms. The van der Waals surface area contributed by atoms with E-state index in [9.17, 15) is 0 Å². The van der Waals surface area contributed by atoms with Gasteiger partial charge in [-0.15, -0.1) is 0 Å². The molecule has 2 heterocycles. The highest BCUT2D eigenvalue weighted by Gasteiger charge is 2.38. The van der Waals surface area contributed by atoms with Gasteiger partial charge in [-0.05, 0) is 6.07 Å². The molecule has 0 saturated heterocycles. The minimum Gasteiger partial charge on any atom is -0.492 e. The second-order valence-corrected chi connectivity index (χ2v) is 3.97. The number of fused-ring (bicyclic) bond motifs is 2. The van der Waals surface area contributed by atoms with E-state index in [0.717, 1.165) is 25.4 Å². The molecule has 0 amide bonds. The van der Waals surface area contributed by atoms with Gasteiger partial charge in [0.2, 0.25) is 0 Å². The Kier molecular flexibility index (Phi) is 1.64. The molecule has 0 saturated carbocycles. The van der Waals surface area contributed by atoms with Crippen LogP contribution in [0.25, 0.3) is 0 Å². The standard InChI is InChI=1S/C12H13NO/c1-2-5-11-10(4-1)12(9-14-11)6-3-7-13-8-12/h1-6,13H,7-9H2. The number of rotatable bonds is 0. The van der Waals surface area contributed by atoms with E-state index in [2.05, 4.69) is 29.6 Å². The van der Waals surface area contributed by atoms with E-state index in [1.807, 2.05) is 12.1 Å². The first-order chi connectivity index (χ1) is 6.91. The lowest BCUT2D eigenvalue weighted by molar-refractivity contribution is 0.288. The van der Waals surface area contributed by atoms with Crippen LogP contribution in [0.1, 0.15) is 5.56 Å². The van der Waals surface area contributed by atoms with Gasteiger partial charge in [-0.25, -0.2) is 0 Å². The molecule has 1 N–H and O–H groups in total. The van der Waals surface area contributed by atoms with Gasteiger partial charge in [0.1, 0.15) is 12.4 Å². The van der Waals surface area contributed by atoms with E-state index in [4.69, 9.17) is 4.74 Å². The van der Waals surface area contributed by atoms with E-state index in [-0.39, 0.29) is 5.41 Å². The predicted octanol–water partition coefficient (Wildman–Crippen LogP) is 1.48. The molecule has 0 aromatic heterocycles. The maximum atomic E-state index is 5.70. The van der Waals surface area contributed by atoms with Gasteiger partial charge >= 0.3 is 0 Å². The van der Waals surface area contributed by atoms with Crippen molar-refractivity contribution < 1.29 is 4.74 Å². The van der Waals surface area contributed by atoms with Gasteiger partial charge in [0.05, 0.1) is 5.41 Å². The lowest BCUT2D eigenvalue weighted by atomic mass is 9.80. The summed E-state index contributed by atoms with van der Waals surface area (Å²) < 4.78 is 5.70. The Morgan fingerprint density at radius 1 is 1.29 bits per heavy atom. The van der Waals surface area contributed by atoms with Crippen LogP contribution < -0.4 is 10.1 Å².